The van der Waals surface area contributed by atoms with E-state index in [-0.39, 0.29) is 11.4 Å². The molecule has 1 aliphatic rings. The fraction of sp³-hybridized carbons (Fsp3) is 0.300. The molecule has 8 heteroatoms. The molecule has 0 radical (unpaired) electrons. The Labute approximate surface area is 160 Å². The number of rotatable bonds is 6. The van der Waals surface area contributed by atoms with Crippen LogP contribution >= 0.6 is 0 Å². The molecule has 28 heavy (non-hydrogen) atoms. The number of anilines is 1. The standard InChI is InChI=1S/C20H19FN2O5/c21-16-9-8-15(23(26)27)12-17(16)22-18(24)13-28-19(25)20(10-4-5-11-20)14-6-2-1-3-7-14/h1-3,6-9,12H,4-5,10-11,13H2,(H,22,24). The highest BCUT2D eigenvalue weighted by Crippen LogP contribution is 2.42. The van der Waals surface area contributed by atoms with Gasteiger partial charge in [0.2, 0.25) is 0 Å². The highest BCUT2D eigenvalue weighted by atomic mass is 19.1. The predicted molar refractivity (Wildman–Crippen MR) is 99.2 cm³/mol. The molecule has 2 aromatic rings. The summed E-state index contributed by atoms with van der Waals surface area (Å²) in [5, 5.41) is 13.0. The Morgan fingerprint density at radius 1 is 1.14 bits per heavy atom. The molecule has 1 amide bonds. The van der Waals surface area contributed by atoms with Gasteiger partial charge in [-0.25, -0.2) is 4.39 Å². The number of hydrogen-bond acceptors (Lipinski definition) is 5. The molecule has 1 aliphatic carbocycles. The molecule has 1 saturated carbocycles. The molecule has 3 rings (SSSR count). The molecule has 7 nitrogen and oxygen atoms in total. The number of carbonyl (C=O) groups excluding carboxylic acids is 2. The zero-order valence-electron chi connectivity index (χ0n) is 15.0. The van der Waals surface area contributed by atoms with E-state index >= 15 is 0 Å². The Balaban J connectivity index is 1.66. The van der Waals surface area contributed by atoms with Gasteiger partial charge in [0.1, 0.15) is 5.82 Å². The molecule has 1 N–H and O–H groups in total. The molecule has 0 spiro atoms. The van der Waals surface area contributed by atoms with Crippen LogP contribution in [0.5, 0.6) is 0 Å². The summed E-state index contributed by atoms with van der Waals surface area (Å²) in [6, 6.07) is 12.1. The molecule has 146 valence electrons. The van der Waals surface area contributed by atoms with E-state index in [4.69, 9.17) is 4.74 Å². The minimum absolute atomic E-state index is 0.339. The maximum Gasteiger partial charge on any atom is 0.317 e. The predicted octanol–water partition coefficient (Wildman–Crippen LogP) is 3.73. The number of nitro benzene ring substituents is 1. The summed E-state index contributed by atoms with van der Waals surface area (Å²) in [6.07, 6.45) is 3.04. The van der Waals surface area contributed by atoms with Gasteiger partial charge < -0.3 is 10.1 Å². The van der Waals surface area contributed by atoms with Crippen LogP contribution in [0.3, 0.4) is 0 Å². The van der Waals surface area contributed by atoms with Gasteiger partial charge in [0.05, 0.1) is 16.0 Å². The summed E-state index contributed by atoms with van der Waals surface area (Å²) in [6.45, 7) is -0.602. The first kappa shape index (κ1) is 19.5. The largest absolute Gasteiger partial charge is 0.455 e. The lowest BCUT2D eigenvalue weighted by atomic mass is 9.79. The summed E-state index contributed by atoms with van der Waals surface area (Å²) >= 11 is 0. The summed E-state index contributed by atoms with van der Waals surface area (Å²) in [5.41, 5.74) is -0.627. The van der Waals surface area contributed by atoms with Gasteiger partial charge in [0.15, 0.2) is 6.61 Å². The van der Waals surface area contributed by atoms with Crippen LogP contribution in [0.1, 0.15) is 31.2 Å². The zero-order valence-corrected chi connectivity index (χ0v) is 15.0. The highest BCUT2D eigenvalue weighted by Gasteiger charge is 2.44. The Hall–Kier alpha value is -3.29. The number of hydrogen-bond donors (Lipinski definition) is 1. The van der Waals surface area contributed by atoms with E-state index in [1.165, 1.54) is 0 Å². The molecule has 0 unspecified atom stereocenters. The SMILES string of the molecule is O=C(COC(=O)C1(c2ccccc2)CCCC1)Nc1cc([N+](=O)[O-])ccc1F. The van der Waals surface area contributed by atoms with Gasteiger partial charge in [-0.15, -0.1) is 0 Å². The number of non-ortho nitro benzene ring substituents is 1. The lowest BCUT2D eigenvalue weighted by Gasteiger charge is -2.27. The second-order valence-electron chi connectivity index (χ2n) is 6.70. The second-order valence-corrected chi connectivity index (χ2v) is 6.70. The van der Waals surface area contributed by atoms with E-state index in [1.807, 2.05) is 30.3 Å². The van der Waals surface area contributed by atoms with Crippen LogP contribution in [0, 0.1) is 15.9 Å². The number of benzene rings is 2. The molecule has 2 aromatic carbocycles. The van der Waals surface area contributed by atoms with Gasteiger partial charge in [0, 0.05) is 12.1 Å². The normalized spacial score (nSPS) is 15.0. The van der Waals surface area contributed by atoms with Crippen LogP contribution in [0.15, 0.2) is 48.5 Å². The minimum Gasteiger partial charge on any atom is -0.455 e. The summed E-state index contributed by atoms with van der Waals surface area (Å²) in [5.74, 6) is -2.08. The summed E-state index contributed by atoms with van der Waals surface area (Å²) in [7, 11) is 0. The lowest BCUT2D eigenvalue weighted by Crippen LogP contribution is -2.36. The Kier molecular flexibility index (Phi) is 5.67. The summed E-state index contributed by atoms with van der Waals surface area (Å²) < 4.78 is 19.0. The molecule has 0 aliphatic heterocycles. The van der Waals surface area contributed by atoms with E-state index in [9.17, 15) is 24.1 Å². The average Bonchev–Trinajstić information content (AvgIpc) is 3.19. The van der Waals surface area contributed by atoms with Crippen molar-refractivity contribution in [1.29, 1.82) is 0 Å². The molecular formula is C20H19FN2O5. The molecule has 0 atom stereocenters. The zero-order chi connectivity index (χ0) is 20.1. The first-order valence-corrected chi connectivity index (χ1v) is 8.89. The van der Waals surface area contributed by atoms with Crippen LogP contribution in [-0.4, -0.2) is 23.4 Å². The highest BCUT2D eigenvalue weighted by molar-refractivity contribution is 5.94. The number of amides is 1. The third-order valence-corrected chi connectivity index (χ3v) is 4.94. The van der Waals surface area contributed by atoms with E-state index < -0.39 is 34.6 Å². The smallest absolute Gasteiger partial charge is 0.317 e. The van der Waals surface area contributed by atoms with Gasteiger partial charge in [0.25, 0.3) is 11.6 Å². The quantitative estimate of drug-likeness (QED) is 0.463. The third kappa shape index (κ3) is 4.00. The van der Waals surface area contributed by atoms with Gasteiger partial charge in [-0.1, -0.05) is 43.2 Å². The number of nitrogens with one attached hydrogen (secondary N) is 1. The van der Waals surface area contributed by atoms with Crippen molar-refractivity contribution in [3.8, 4) is 0 Å². The number of ether oxygens (including phenoxy) is 1. The molecule has 0 bridgehead atoms. The summed E-state index contributed by atoms with van der Waals surface area (Å²) in [4.78, 5) is 34.9. The Bertz CT molecular complexity index is 895. The fourth-order valence-electron chi connectivity index (χ4n) is 3.52. The van der Waals surface area contributed by atoms with Crippen molar-refractivity contribution in [1.82, 2.24) is 0 Å². The first-order valence-electron chi connectivity index (χ1n) is 8.89. The maximum atomic E-state index is 13.8. The van der Waals surface area contributed by atoms with Crippen molar-refractivity contribution in [2.45, 2.75) is 31.1 Å². The maximum absolute atomic E-state index is 13.8. The van der Waals surface area contributed by atoms with E-state index in [0.29, 0.717) is 12.8 Å². The van der Waals surface area contributed by atoms with Crippen LogP contribution in [-0.2, 0) is 19.7 Å². The molecule has 0 saturated heterocycles. The third-order valence-electron chi connectivity index (χ3n) is 4.94. The molecule has 1 fully saturated rings. The van der Waals surface area contributed by atoms with Crippen molar-refractivity contribution < 1.29 is 23.6 Å². The number of carbonyl (C=O) groups is 2. The Morgan fingerprint density at radius 2 is 1.82 bits per heavy atom. The van der Waals surface area contributed by atoms with E-state index in [0.717, 1.165) is 36.6 Å². The van der Waals surface area contributed by atoms with Gasteiger partial charge in [-0.3, -0.25) is 19.7 Å². The van der Waals surface area contributed by atoms with Crippen molar-refractivity contribution >= 4 is 23.3 Å². The number of esters is 1. The van der Waals surface area contributed by atoms with Gasteiger partial charge in [-0.05, 0) is 24.5 Å². The van der Waals surface area contributed by atoms with E-state index in [1.54, 1.807) is 0 Å². The van der Waals surface area contributed by atoms with Crippen molar-refractivity contribution in [3.05, 3.63) is 70.0 Å². The van der Waals surface area contributed by atoms with Crippen LogP contribution in [0.2, 0.25) is 0 Å². The number of halogens is 1. The van der Waals surface area contributed by atoms with Gasteiger partial charge >= 0.3 is 5.97 Å². The lowest BCUT2D eigenvalue weighted by molar-refractivity contribution is -0.384. The van der Waals surface area contributed by atoms with Crippen LogP contribution in [0.25, 0.3) is 0 Å². The van der Waals surface area contributed by atoms with Crippen molar-refractivity contribution in [2.75, 3.05) is 11.9 Å². The topological polar surface area (TPSA) is 98.5 Å². The van der Waals surface area contributed by atoms with Crippen molar-refractivity contribution in [2.24, 2.45) is 0 Å². The number of nitro groups is 1. The van der Waals surface area contributed by atoms with Gasteiger partial charge in [-0.2, -0.15) is 0 Å². The minimum atomic E-state index is -0.818. The van der Waals surface area contributed by atoms with Crippen LogP contribution in [0.4, 0.5) is 15.8 Å². The second kappa shape index (κ2) is 8.16. The van der Waals surface area contributed by atoms with Crippen molar-refractivity contribution in [3.63, 3.8) is 0 Å². The van der Waals surface area contributed by atoms with Crippen LogP contribution < -0.4 is 5.32 Å². The molecule has 0 heterocycles. The molecular weight excluding hydrogens is 367 g/mol. The van der Waals surface area contributed by atoms with E-state index in [2.05, 4.69) is 5.32 Å². The fourth-order valence-corrected chi connectivity index (χ4v) is 3.52. The Morgan fingerprint density at radius 3 is 2.46 bits per heavy atom. The average molecular weight is 386 g/mol. The monoisotopic (exact) mass is 386 g/mol. The first-order chi connectivity index (χ1) is 13.4. The molecule has 0 aromatic heterocycles. The number of nitrogens with zero attached hydrogens (tertiary/aromatic N) is 1.